The van der Waals surface area contributed by atoms with E-state index < -0.39 is 0 Å². The lowest BCUT2D eigenvalue weighted by Crippen LogP contribution is -2.49. The van der Waals surface area contributed by atoms with Crippen molar-refractivity contribution in [2.75, 3.05) is 31.1 Å². The SMILES string of the molecule is Cc1cc2cc([C@H](c3nnnn3C(C)(C)C)N3CCN(c4nc5ccccc5s4)CC3)c(=O)[nH]c2cc1C. The summed E-state index contributed by atoms with van der Waals surface area (Å²) in [5.41, 5.74) is 4.44. The Morgan fingerprint density at radius 3 is 2.47 bits per heavy atom. The van der Waals surface area contributed by atoms with E-state index in [2.05, 4.69) is 89.2 Å². The molecule has 1 fully saturated rings. The van der Waals surface area contributed by atoms with Crippen LogP contribution in [0.2, 0.25) is 0 Å². The number of thiazole rings is 1. The molecule has 2 aromatic carbocycles. The molecule has 0 bridgehead atoms. The molecule has 6 rings (SSSR count). The maximum absolute atomic E-state index is 13.6. The van der Waals surface area contributed by atoms with Gasteiger partial charge in [0.25, 0.3) is 5.56 Å². The molecule has 1 atom stereocenters. The maximum atomic E-state index is 13.6. The second-order valence-electron chi connectivity index (χ2n) is 11.1. The van der Waals surface area contributed by atoms with E-state index in [9.17, 15) is 4.79 Å². The van der Waals surface area contributed by atoms with Gasteiger partial charge in [0.2, 0.25) is 0 Å². The molecule has 0 aliphatic carbocycles. The standard InChI is InChI=1S/C28H32N8OS/c1-17-14-19-16-20(26(37)29-22(19)15-18(17)2)24(25-31-32-33-36(25)28(3,4)5)34-10-12-35(13-11-34)27-30-21-8-6-7-9-23(21)38-27/h6-9,14-16,24H,10-13H2,1-5H3,(H,29,37)/t24-/m1/s1. The number of aromatic nitrogens is 6. The number of piperazine rings is 1. The lowest BCUT2D eigenvalue weighted by molar-refractivity contribution is 0.190. The number of H-pyrrole nitrogens is 1. The number of fused-ring (bicyclic) bond motifs is 2. The van der Waals surface area contributed by atoms with Crippen molar-refractivity contribution in [1.82, 2.24) is 35.1 Å². The number of aryl methyl sites for hydroxylation is 2. The van der Waals surface area contributed by atoms with Crippen molar-refractivity contribution in [3.05, 3.63) is 75.3 Å². The van der Waals surface area contributed by atoms with Crippen molar-refractivity contribution >= 4 is 37.6 Å². The number of para-hydroxylation sites is 1. The number of aromatic amines is 1. The molecular weight excluding hydrogens is 496 g/mol. The van der Waals surface area contributed by atoms with E-state index in [0.29, 0.717) is 11.4 Å². The molecule has 0 saturated carbocycles. The molecule has 0 radical (unpaired) electrons. The fraction of sp³-hybridized carbons (Fsp3) is 0.393. The molecule has 196 valence electrons. The highest BCUT2D eigenvalue weighted by Gasteiger charge is 2.35. The van der Waals surface area contributed by atoms with Crippen molar-refractivity contribution in [3.63, 3.8) is 0 Å². The zero-order valence-electron chi connectivity index (χ0n) is 22.4. The quantitative estimate of drug-likeness (QED) is 0.369. The summed E-state index contributed by atoms with van der Waals surface area (Å²) in [5, 5.41) is 14.9. The first-order chi connectivity index (χ1) is 18.2. The minimum atomic E-state index is -0.378. The second kappa shape index (κ2) is 9.28. The maximum Gasteiger partial charge on any atom is 0.253 e. The third-order valence-electron chi connectivity index (χ3n) is 7.39. The Labute approximate surface area is 225 Å². The molecule has 1 aliphatic heterocycles. The normalized spacial score (nSPS) is 16.0. The van der Waals surface area contributed by atoms with Gasteiger partial charge in [-0.2, -0.15) is 0 Å². The molecule has 9 nitrogen and oxygen atoms in total. The van der Waals surface area contributed by atoms with Crippen LogP contribution in [0.1, 0.15) is 49.3 Å². The molecule has 10 heteroatoms. The Hall–Kier alpha value is -3.63. The molecular formula is C28H32N8OS. The smallest absolute Gasteiger partial charge is 0.253 e. The molecule has 38 heavy (non-hydrogen) atoms. The Morgan fingerprint density at radius 1 is 1.00 bits per heavy atom. The van der Waals surface area contributed by atoms with Gasteiger partial charge in [-0.15, -0.1) is 5.10 Å². The number of anilines is 1. The topological polar surface area (TPSA) is 95.8 Å². The number of pyridine rings is 1. The lowest BCUT2D eigenvalue weighted by atomic mass is 9.99. The third-order valence-corrected chi connectivity index (χ3v) is 8.49. The molecule has 4 heterocycles. The van der Waals surface area contributed by atoms with Gasteiger partial charge in [-0.1, -0.05) is 23.5 Å². The number of nitrogens with zero attached hydrogens (tertiary/aromatic N) is 7. The highest BCUT2D eigenvalue weighted by Crippen LogP contribution is 2.33. The van der Waals surface area contributed by atoms with Gasteiger partial charge >= 0.3 is 0 Å². The summed E-state index contributed by atoms with van der Waals surface area (Å²) in [7, 11) is 0. The van der Waals surface area contributed by atoms with Crippen molar-refractivity contribution in [1.29, 1.82) is 0 Å². The van der Waals surface area contributed by atoms with E-state index in [4.69, 9.17) is 4.98 Å². The first kappa shape index (κ1) is 24.7. The van der Waals surface area contributed by atoms with Crippen LogP contribution in [0.3, 0.4) is 0 Å². The van der Waals surface area contributed by atoms with Crippen LogP contribution in [0.15, 0.2) is 47.3 Å². The molecule has 1 saturated heterocycles. The van der Waals surface area contributed by atoms with Crippen molar-refractivity contribution in [2.45, 2.75) is 46.2 Å². The number of tetrazole rings is 1. The van der Waals surface area contributed by atoms with E-state index in [1.165, 1.54) is 10.3 Å². The van der Waals surface area contributed by atoms with Gasteiger partial charge in [-0.3, -0.25) is 9.69 Å². The van der Waals surface area contributed by atoms with Crippen molar-refractivity contribution < 1.29 is 0 Å². The van der Waals surface area contributed by atoms with E-state index >= 15 is 0 Å². The molecule has 1 aliphatic rings. The second-order valence-corrected chi connectivity index (χ2v) is 12.1. The summed E-state index contributed by atoms with van der Waals surface area (Å²) < 4.78 is 3.04. The van der Waals surface area contributed by atoms with Crippen LogP contribution in [-0.4, -0.2) is 61.3 Å². The predicted molar refractivity (Wildman–Crippen MR) is 152 cm³/mol. The average molecular weight is 529 g/mol. The van der Waals surface area contributed by atoms with Gasteiger partial charge in [-0.05, 0) is 91.9 Å². The number of hydrogen-bond acceptors (Lipinski definition) is 8. The fourth-order valence-corrected chi connectivity index (χ4v) is 6.22. The zero-order valence-corrected chi connectivity index (χ0v) is 23.2. The van der Waals surface area contributed by atoms with E-state index in [0.717, 1.165) is 53.3 Å². The van der Waals surface area contributed by atoms with Crippen LogP contribution in [0.4, 0.5) is 5.13 Å². The average Bonchev–Trinajstić information content (AvgIpc) is 3.54. The van der Waals surface area contributed by atoms with Crippen LogP contribution in [0, 0.1) is 13.8 Å². The summed E-state index contributed by atoms with van der Waals surface area (Å²) in [4.78, 5) is 26.2. The first-order valence-electron chi connectivity index (χ1n) is 13.0. The largest absolute Gasteiger partial charge is 0.345 e. The van der Waals surface area contributed by atoms with Crippen LogP contribution in [-0.2, 0) is 5.54 Å². The van der Waals surface area contributed by atoms with Crippen LogP contribution in [0.25, 0.3) is 21.1 Å². The fourth-order valence-electron chi connectivity index (χ4n) is 5.20. The first-order valence-corrected chi connectivity index (χ1v) is 13.8. The molecule has 1 N–H and O–H groups in total. The number of benzene rings is 2. The zero-order chi connectivity index (χ0) is 26.6. The Balaban J connectivity index is 1.39. The highest BCUT2D eigenvalue weighted by atomic mass is 32.1. The van der Waals surface area contributed by atoms with Crippen LogP contribution in [0.5, 0.6) is 0 Å². The van der Waals surface area contributed by atoms with Gasteiger partial charge < -0.3 is 9.88 Å². The minimum Gasteiger partial charge on any atom is -0.345 e. The van der Waals surface area contributed by atoms with Gasteiger partial charge in [0, 0.05) is 37.3 Å². The number of rotatable bonds is 4. The lowest BCUT2D eigenvalue weighted by Gasteiger charge is -2.39. The highest BCUT2D eigenvalue weighted by molar-refractivity contribution is 7.22. The molecule has 0 spiro atoms. The molecule has 0 amide bonds. The van der Waals surface area contributed by atoms with Gasteiger partial charge in [0.1, 0.15) is 6.04 Å². The number of nitrogens with one attached hydrogen (secondary N) is 1. The Kier molecular flexibility index (Phi) is 6.03. The Bertz CT molecular complexity index is 1650. The number of hydrogen-bond donors (Lipinski definition) is 1. The molecule has 0 unspecified atom stereocenters. The van der Waals surface area contributed by atoms with E-state index in [-0.39, 0.29) is 17.1 Å². The van der Waals surface area contributed by atoms with Gasteiger partial charge in [0.15, 0.2) is 11.0 Å². The van der Waals surface area contributed by atoms with Crippen molar-refractivity contribution in [3.8, 4) is 0 Å². The summed E-state index contributed by atoms with van der Waals surface area (Å²) >= 11 is 1.72. The molecule has 3 aromatic heterocycles. The van der Waals surface area contributed by atoms with E-state index in [1.807, 2.05) is 22.9 Å². The van der Waals surface area contributed by atoms with Gasteiger partial charge in [0.05, 0.1) is 15.8 Å². The van der Waals surface area contributed by atoms with E-state index in [1.54, 1.807) is 11.3 Å². The summed E-state index contributed by atoms with van der Waals surface area (Å²) in [6, 6.07) is 14.1. The summed E-state index contributed by atoms with van der Waals surface area (Å²) in [6.45, 7) is 13.5. The van der Waals surface area contributed by atoms with Crippen LogP contribution >= 0.6 is 11.3 Å². The monoisotopic (exact) mass is 528 g/mol. The summed E-state index contributed by atoms with van der Waals surface area (Å²) in [6.07, 6.45) is 0. The van der Waals surface area contributed by atoms with Gasteiger partial charge in [-0.25, -0.2) is 9.67 Å². The molecule has 5 aromatic rings. The van der Waals surface area contributed by atoms with Crippen molar-refractivity contribution in [2.24, 2.45) is 0 Å². The predicted octanol–water partition coefficient (Wildman–Crippen LogP) is 4.41. The minimum absolute atomic E-state index is 0.109. The Morgan fingerprint density at radius 2 is 1.74 bits per heavy atom. The third kappa shape index (κ3) is 4.37. The summed E-state index contributed by atoms with van der Waals surface area (Å²) in [5.74, 6) is 0.680. The van der Waals surface area contributed by atoms with Crippen LogP contribution < -0.4 is 10.5 Å².